The van der Waals surface area contributed by atoms with Crippen molar-refractivity contribution in [3.05, 3.63) is 100 Å². The molecule has 0 radical (unpaired) electrons. The molecule has 0 fully saturated rings. The second kappa shape index (κ2) is 12.5. The van der Waals surface area contributed by atoms with E-state index in [2.05, 4.69) is 4.98 Å². The highest BCUT2D eigenvalue weighted by atomic mass is 16.6. The topological polar surface area (TPSA) is 109 Å². The zero-order valence-electron chi connectivity index (χ0n) is 24.8. The number of hydrogen-bond donors (Lipinski definition) is 0. The molecular weight excluding hydrogens is 546 g/mol. The number of pyridine rings is 1. The summed E-state index contributed by atoms with van der Waals surface area (Å²) in [5.41, 5.74) is 2.61. The van der Waals surface area contributed by atoms with Crippen molar-refractivity contribution < 1.29 is 19.1 Å². The summed E-state index contributed by atoms with van der Waals surface area (Å²) in [6.07, 6.45) is 9.55. The molecule has 1 amide bonds. The minimum atomic E-state index is -0.601. The van der Waals surface area contributed by atoms with Gasteiger partial charge in [-0.2, -0.15) is 0 Å². The van der Waals surface area contributed by atoms with Gasteiger partial charge in [0.1, 0.15) is 17.7 Å². The fraction of sp³-hybridized carbons (Fsp3) is 0.303. The number of esters is 1. The number of carbonyl (C=O) groups excluding carboxylic acids is 2. The van der Waals surface area contributed by atoms with Gasteiger partial charge in [-0.25, -0.2) is 19.6 Å². The van der Waals surface area contributed by atoms with Crippen LogP contribution in [0.3, 0.4) is 0 Å². The van der Waals surface area contributed by atoms with Gasteiger partial charge in [-0.15, -0.1) is 0 Å². The number of amides is 1. The first-order valence-corrected chi connectivity index (χ1v) is 14.3. The molecule has 3 aromatic heterocycles. The van der Waals surface area contributed by atoms with Gasteiger partial charge in [-0.05, 0) is 69.9 Å². The van der Waals surface area contributed by atoms with E-state index in [0.717, 1.165) is 24.0 Å². The van der Waals surface area contributed by atoms with Crippen molar-refractivity contribution in [2.45, 2.75) is 52.7 Å². The predicted octanol–water partition coefficient (Wildman–Crippen LogP) is 5.45. The third-order valence-electron chi connectivity index (χ3n) is 6.81. The highest BCUT2D eigenvalue weighted by molar-refractivity contribution is 5.94. The van der Waals surface area contributed by atoms with E-state index < -0.39 is 17.7 Å². The van der Waals surface area contributed by atoms with Crippen LogP contribution in [0.4, 0.5) is 10.6 Å². The lowest BCUT2D eigenvalue weighted by molar-refractivity contribution is -0.137. The first-order valence-electron chi connectivity index (χ1n) is 14.3. The maximum Gasteiger partial charge on any atom is 0.416 e. The van der Waals surface area contributed by atoms with Crippen LogP contribution < -0.4 is 10.5 Å². The van der Waals surface area contributed by atoms with E-state index >= 15 is 0 Å². The number of rotatable bonds is 7. The van der Waals surface area contributed by atoms with Gasteiger partial charge in [0.2, 0.25) is 0 Å². The van der Waals surface area contributed by atoms with E-state index in [1.165, 1.54) is 17.0 Å². The Balaban J connectivity index is 1.39. The van der Waals surface area contributed by atoms with Gasteiger partial charge < -0.3 is 14.0 Å². The Morgan fingerprint density at radius 1 is 1.07 bits per heavy atom. The van der Waals surface area contributed by atoms with Crippen LogP contribution in [0.5, 0.6) is 0 Å². The van der Waals surface area contributed by atoms with Crippen LogP contribution in [0, 0.1) is 0 Å². The fourth-order valence-electron chi connectivity index (χ4n) is 4.90. The van der Waals surface area contributed by atoms with E-state index in [0.29, 0.717) is 34.8 Å². The molecule has 0 N–H and O–H groups in total. The van der Waals surface area contributed by atoms with E-state index in [4.69, 9.17) is 14.5 Å². The maximum absolute atomic E-state index is 13.4. The standard InChI is InChI=1S/C33H35N5O5/c1-5-42-28(39)21-27(23-11-7-6-8-12-23)37-20-17-26-30(37)34-22-36(31(26)40)18-10-14-25-16-15-24-13-9-19-38(29(24)35-25)32(41)43-33(2,3)4/h6-8,10-12,14-17,20-22H,5,9,13,18-19H2,1-4H3/b14-10+,27-21-. The second-order valence-electron chi connectivity index (χ2n) is 11.1. The predicted molar refractivity (Wildman–Crippen MR) is 166 cm³/mol. The molecule has 1 aromatic carbocycles. The number of aryl methyl sites for hydroxylation is 1. The third kappa shape index (κ3) is 6.74. The van der Waals surface area contributed by atoms with Crippen molar-refractivity contribution in [2.24, 2.45) is 0 Å². The lowest BCUT2D eigenvalue weighted by atomic mass is 10.1. The summed E-state index contributed by atoms with van der Waals surface area (Å²) in [5, 5.41) is 0.418. The molecule has 1 aliphatic rings. The average Bonchev–Trinajstić information content (AvgIpc) is 3.41. The van der Waals surface area contributed by atoms with Gasteiger partial charge in [0.25, 0.3) is 5.56 Å². The Morgan fingerprint density at radius 2 is 1.86 bits per heavy atom. The summed E-state index contributed by atoms with van der Waals surface area (Å²) >= 11 is 0. The lowest BCUT2D eigenvalue weighted by Crippen LogP contribution is -2.40. The Morgan fingerprint density at radius 3 is 2.60 bits per heavy atom. The van der Waals surface area contributed by atoms with Crippen LogP contribution in [0.25, 0.3) is 22.8 Å². The highest BCUT2D eigenvalue weighted by Crippen LogP contribution is 2.27. The van der Waals surface area contributed by atoms with Gasteiger partial charge in [0, 0.05) is 25.4 Å². The Bertz CT molecular complexity index is 1760. The molecule has 0 bridgehead atoms. The normalized spacial score (nSPS) is 13.8. The molecule has 0 saturated carbocycles. The number of nitrogens with zero attached hydrogens (tertiary/aromatic N) is 5. The van der Waals surface area contributed by atoms with Gasteiger partial charge >= 0.3 is 12.1 Å². The monoisotopic (exact) mass is 581 g/mol. The van der Waals surface area contributed by atoms with Crippen molar-refractivity contribution in [3.63, 3.8) is 0 Å². The minimum Gasteiger partial charge on any atom is -0.463 e. The van der Waals surface area contributed by atoms with E-state index in [-0.39, 0.29) is 18.7 Å². The van der Waals surface area contributed by atoms with Crippen molar-refractivity contribution in [1.29, 1.82) is 0 Å². The zero-order valence-corrected chi connectivity index (χ0v) is 24.8. The summed E-state index contributed by atoms with van der Waals surface area (Å²) < 4.78 is 14.0. The average molecular weight is 582 g/mol. The van der Waals surface area contributed by atoms with Crippen molar-refractivity contribution >= 4 is 40.7 Å². The minimum absolute atomic E-state index is 0.216. The van der Waals surface area contributed by atoms with Gasteiger partial charge in [0.15, 0.2) is 5.65 Å². The summed E-state index contributed by atoms with van der Waals surface area (Å²) in [6, 6.07) is 15.0. The molecule has 0 saturated heterocycles. The summed E-state index contributed by atoms with van der Waals surface area (Å²) in [4.78, 5) is 49.4. The number of benzene rings is 1. The summed E-state index contributed by atoms with van der Waals surface area (Å²) in [7, 11) is 0. The van der Waals surface area contributed by atoms with E-state index in [1.54, 1.807) is 28.7 Å². The molecule has 10 heteroatoms. The highest BCUT2D eigenvalue weighted by Gasteiger charge is 2.28. The number of hydrogen-bond acceptors (Lipinski definition) is 7. The molecule has 43 heavy (non-hydrogen) atoms. The van der Waals surface area contributed by atoms with Crippen molar-refractivity contribution in [1.82, 2.24) is 19.1 Å². The maximum atomic E-state index is 13.4. The van der Waals surface area contributed by atoms with E-state index in [9.17, 15) is 14.4 Å². The SMILES string of the molecule is CCOC(=O)/C=C(/c1ccccc1)n1ccc2c(=O)n(C/C=C/c3ccc4c(n3)N(C(=O)OC(C)(C)C)CCC4)cnc21. The number of allylic oxidation sites excluding steroid dienone is 1. The van der Waals surface area contributed by atoms with Crippen molar-refractivity contribution in [2.75, 3.05) is 18.1 Å². The Labute approximate surface area is 249 Å². The van der Waals surface area contributed by atoms with Crippen LogP contribution in [0.1, 0.15) is 50.9 Å². The largest absolute Gasteiger partial charge is 0.463 e. The summed E-state index contributed by atoms with van der Waals surface area (Å²) in [6.45, 7) is 8.34. The van der Waals surface area contributed by atoms with Crippen LogP contribution in [0.15, 0.2) is 78.0 Å². The third-order valence-corrected chi connectivity index (χ3v) is 6.81. The number of fused-ring (bicyclic) bond motifs is 2. The lowest BCUT2D eigenvalue weighted by Gasteiger charge is -2.30. The fourth-order valence-corrected chi connectivity index (χ4v) is 4.90. The smallest absolute Gasteiger partial charge is 0.416 e. The quantitative estimate of drug-likeness (QED) is 0.211. The molecular formula is C33H35N5O5. The number of ether oxygens (including phenoxy) is 2. The molecule has 0 spiro atoms. The molecule has 0 aliphatic carbocycles. The molecule has 4 aromatic rings. The first kappa shape index (κ1) is 29.5. The zero-order chi connectivity index (χ0) is 30.6. The van der Waals surface area contributed by atoms with Gasteiger partial charge in [0.05, 0.1) is 23.4 Å². The molecule has 10 nitrogen and oxygen atoms in total. The Hall–Kier alpha value is -4.99. The first-order chi connectivity index (χ1) is 20.6. The summed E-state index contributed by atoms with van der Waals surface area (Å²) in [5.74, 6) is 0.126. The number of anilines is 1. The van der Waals surface area contributed by atoms with Crippen LogP contribution in [-0.4, -0.2) is 49.9 Å². The molecule has 222 valence electrons. The second-order valence-corrected chi connectivity index (χ2v) is 11.1. The van der Waals surface area contributed by atoms with Crippen LogP contribution >= 0.6 is 0 Å². The van der Waals surface area contributed by atoms with Gasteiger partial charge in [-0.3, -0.25) is 14.3 Å². The van der Waals surface area contributed by atoms with E-state index in [1.807, 2.05) is 75.4 Å². The molecule has 1 aliphatic heterocycles. The van der Waals surface area contributed by atoms with Gasteiger partial charge in [-0.1, -0.05) is 42.5 Å². The number of aromatic nitrogens is 4. The molecule has 5 rings (SSSR count). The molecule has 0 atom stereocenters. The number of carbonyl (C=O) groups is 2. The van der Waals surface area contributed by atoms with Crippen LogP contribution in [-0.2, 0) is 27.2 Å². The molecule has 0 unspecified atom stereocenters. The Kier molecular flexibility index (Phi) is 8.56. The van der Waals surface area contributed by atoms with Crippen molar-refractivity contribution in [3.8, 4) is 0 Å². The molecule has 4 heterocycles. The van der Waals surface area contributed by atoms with Crippen LogP contribution in [0.2, 0.25) is 0 Å².